The van der Waals surface area contributed by atoms with Crippen molar-refractivity contribution >= 4 is 28.3 Å². The Morgan fingerprint density at radius 2 is 1.62 bits per heavy atom. The summed E-state index contributed by atoms with van der Waals surface area (Å²) in [5.74, 6) is 0.567. The van der Waals surface area contributed by atoms with Crippen molar-refractivity contribution in [1.82, 2.24) is 0 Å². The third-order valence-corrected chi connectivity index (χ3v) is 4.79. The highest BCUT2D eigenvalue weighted by Gasteiger charge is 2.20. The number of furan rings is 1. The van der Waals surface area contributed by atoms with Crippen LogP contribution in [-0.2, 0) is 0 Å². The number of hydrogen-bond donors (Lipinski definition) is 1. The minimum Gasteiger partial charge on any atom is -0.497 e. The Morgan fingerprint density at radius 3 is 2.31 bits per heavy atom. The molecular weight excluding hydrogens is 366 g/mol. The smallest absolute Gasteiger partial charge is 0.255 e. The van der Waals surface area contributed by atoms with Crippen LogP contribution in [0.1, 0.15) is 32.0 Å². The molecule has 5 heteroatoms. The van der Waals surface area contributed by atoms with Gasteiger partial charge in [-0.3, -0.25) is 9.59 Å². The van der Waals surface area contributed by atoms with E-state index in [0.29, 0.717) is 28.1 Å². The molecule has 1 amide bonds. The Morgan fingerprint density at radius 1 is 0.897 bits per heavy atom. The molecule has 5 nitrogen and oxygen atoms in total. The number of amides is 1. The zero-order valence-electron chi connectivity index (χ0n) is 16.1. The molecule has 1 heterocycles. The maximum atomic E-state index is 12.9. The minimum absolute atomic E-state index is 0.198. The molecule has 0 saturated heterocycles. The third kappa shape index (κ3) is 3.62. The lowest BCUT2D eigenvalue weighted by atomic mass is 10.0. The SMILES string of the molecule is COc1ccc(C(=O)c2oc3cc(NC(=O)c4ccccc4)ccc3c2C)cc1. The summed E-state index contributed by atoms with van der Waals surface area (Å²) in [7, 11) is 1.58. The summed E-state index contributed by atoms with van der Waals surface area (Å²) < 4.78 is 11.0. The maximum Gasteiger partial charge on any atom is 0.255 e. The lowest BCUT2D eigenvalue weighted by molar-refractivity contribution is 0.101. The van der Waals surface area contributed by atoms with Crippen molar-refractivity contribution in [2.75, 3.05) is 12.4 Å². The lowest BCUT2D eigenvalue weighted by Gasteiger charge is -2.05. The number of ether oxygens (including phenoxy) is 1. The molecule has 0 aliphatic rings. The average Bonchev–Trinajstić information content (AvgIpc) is 3.09. The number of rotatable bonds is 5. The predicted octanol–water partition coefficient (Wildman–Crippen LogP) is 5.23. The van der Waals surface area contributed by atoms with E-state index in [1.54, 1.807) is 55.6 Å². The first-order valence-corrected chi connectivity index (χ1v) is 9.15. The number of methoxy groups -OCH3 is 1. The van der Waals surface area contributed by atoms with Gasteiger partial charge in [-0.25, -0.2) is 0 Å². The van der Waals surface area contributed by atoms with E-state index in [2.05, 4.69) is 5.32 Å². The highest BCUT2D eigenvalue weighted by Crippen LogP contribution is 2.30. The van der Waals surface area contributed by atoms with Gasteiger partial charge in [0.2, 0.25) is 5.78 Å². The highest BCUT2D eigenvalue weighted by atomic mass is 16.5. The summed E-state index contributed by atoms with van der Waals surface area (Å²) in [5, 5.41) is 3.69. The molecule has 1 N–H and O–H groups in total. The molecule has 29 heavy (non-hydrogen) atoms. The van der Waals surface area contributed by atoms with Crippen LogP contribution in [0.4, 0.5) is 5.69 Å². The summed E-state index contributed by atoms with van der Waals surface area (Å²) in [6.07, 6.45) is 0. The number of carbonyl (C=O) groups excluding carboxylic acids is 2. The van der Waals surface area contributed by atoms with E-state index >= 15 is 0 Å². The monoisotopic (exact) mass is 385 g/mol. The van der Waals surface area contributed by atoms with E-state index in [9.17, 15) is 9.59 Å². The third-order valence-electron chi connectivity index (χ3n) is 4.79. The Labute approximate surface area is 167 Å². The van der Waals surface area contributed by atoms with E-state index in [1.807, 2.05) is 31.2 Å². The summed E-state index contributed by atoms with van der Waals surface area (Å²) in [6.45, 7) is 1.85. The molecule has 0 bridgehead atoms. The van der Waals surface area contributed by atoms with Gasteiger partial charge < -0.3 is 14.5 Å². The van der Waals surface area contributed by atoms with Crippen molar-refractivity contribution < 1.29 is 18.7 Å². The number of nitrogens with one attached hydrogen (secondary N) is 1. The number of benzene rings is 3. The number of hydrogen-bond acceptors (Lipinski definition) is 4. The van der Waals surface area contributed by atoms with Crippen LogP contribution in [0.15, 0.2) is 77.2 Å². The Balaban J connectivity index is 1.63. The second-order valence-electron chi connectivity index (χ2n) is 6.64. The van der Waals surface area contributed by atoms with E-state index in [4.69, 9.17) is 9.15 Å². The van der Waals surface area contributed by atoms with Crippen LogP contribution in [0.2, 0.25) is 0 Å². The van der Waals surface area contributed by atoms with Gasteiger partial charge in [0.15, 0.2) is 5.76 Å². The van der Waals surface area contributed by atoms with Crippen molar-refractivity contribution in [3.8, 4) is 5.75 Å². The van der Waals surface area contributed by atoms with Gasteiger partial charge in [0.05, 0.1) is 7.11 Å². The van der Waals surface area contributed by atoms with Crippen molar-refractivity contribution in [3.05, 3.63) is 95.2 Å². The van der Waals surface area contributed by atoms with Crippen LogP contribution in [0.5, 0.6) is 5.75 Å². The number of fused-ring (bicyclic) bond motifs is 1. The molecule has 0 fully saturated rings. The summed E-state index contributed by atoms with van der Waals surface area (Å²) >= 11 is 0. The molecule has 0 aliphatic carbocycles. The second-order valence-corrected chi connectivity index (χ2v) is 6.64. The molecule has 4 rings (SSSR count). The van der Waals surface area contributed by atoms with Crippen molar-refractivity contribution in [3.63, 3.8) is 0 Å². The van der Waals surface area contributed by atoms with Gasteiger partial charge in [0.1, 0.15) is 11.3 Å². The second kappa shape index (κ2) is 7.64. The van der Waals surface area contributed by atoms with Gasteiger partial charge >= 0.3 is 0 Å². The maximum absolute atomic E-state index is 12.9. The normalized spacial score (nSPS) is 10.7. The molecular formula is C24H19NO4. The molecule has 0 aliphatic heterocycles. The van der Waals surface area contributed by atoms with Crippen LogP contribution in [0.25, 0.3) is 11.0 Å². The summed E-state index contributed by atoms with van der Waals surface area (Å²) in [6, 6.07) is 21.2. The van der Waals surface area contributed by atoms with Crippen LogP contribution >= 0.6 is 0 Å². The van der Waals surface area contributed by atoms with Gasteiger partial charge in [-0.1, -0.05) is 18.2 Å². The van der Waals surface area contributed by atoms with Crippen LogP contribution in [0, 0.1) is 6.92 Å². The summed E-state index contributed by atoms with van der Waals surface area (Å²) in [4.78, 5) is 25.2. The standard InChI is InChI=1S/C24H19NO4/c1-15-20-13-10-18(25-24(27)17-6-4-3-5-7-17)14-21(20)29-23(15)22(26)16-8-11-19(28-2)12-9-16/h3-14H,1-2H3,(H,25,27). The van der Waals surface area contributed by atoms with E-state index in [0.717, 1.165) is 10.9 Å². The number of aryl methyl sites for hydroxylation is 1. The average molecular weight is 385 g/mol. The number of ketones is 1. The minimum atomic E-state index is -0.206. The van der Waals surface area contributed by atoms with Gasteiger partial charge in [0, 0.05) is 33.8 Å². The lowest BCUT2D eigenvalue weighted by Crippen LogP contribution is -2.11. The van der Waals surface area contributed by atoms with Gasteiger partial charge in [0.25, 0.3) is 5.91 Å². The first-order chi connectivity index (χ1) is 14.1. The van der Waals surface area contributed by atoms with Gasteiger partial charge in [-0.15, -0.1) is 0 Å². The molecule has 144 valence electrons. The van der Waals surface area contributed by atoms with Crippen LogP contribution in [0.3, 0.4) is 0 Å². The van der Waals surface area contributed by atoms with Crippen molar-refractivity contribution in [2.45, 2.75) is 6.92 Å². The fourth-order valence-electron chi connectivity index (χ4n) is 3.19. The van der Waals surface area contributed by atoms with Gasteiger partial charge in [-0.05, 0) is 55.5 Å². The first kappa shape index (κ1) is 18.5. The fourth-order valence-corrected chi connectivity index (χ4v) is 3.19. The van der Waals surface area contributed by atoms with Crippen molar-refractivity contribution in [1.29, 1.82) is 0 Å². The van der Waals surface area contributed by atoms with E-state index in [1.165, 1.54) is 0 Å². The molecule has 0 spiro atoms. The molecule has 0 saturated carbocycles. The largest absolute Gasteiger partial charge is 0.497 e. The molecule has 4 aromatic rings. The zero-order chi connectivity index (χ0) is 20.4. The van der Waals surface area contributed by atoms with Crippen LogP contribution in [-0.4, -0.2) is 18.8 Å². The molecule has 3 aromatic carbocycles. The molecule has 0 atom stereocenters. The Bertz CT molecular complexity index is 1190. The molecule has 0 radical (unpaired) electrons. The highest BCUT2D eigenvalue weighted by molar-refractivity contribution is 6.11. The molecule has 0 unspecified atom stereocenters. The van der Waals surface area contributed by atoms with Crippen LogP contribution < -0.4 is 10.1 Å². The van der Waals surface area contributed by atoms with Crippen molar-refractivity contribution in [2.24, 2.45) is 0 Å². The van der Waals surface area contributed by atoms with E-state index in [-0.39, 0.29) is 17.5 Å². The topological polar surface area (TPSA) is 68.5 Å². The van der Waals surface area contributed by atoms with E-state index < -0.39 is 0 Å². The predicted molar refractivity (Wildman–Crippen MR) is 112 cm³/mol. The first-order valence-electron chi connectivity index (χ1n) is 9.15. The summed E-state index contributed by atoms with van der Waals surface area (Å²) in [5.41, 5.74) is 3.00. The number of anilines is 1. The zero-order valence-corrected chi connectivity index (χ0v) is 16.1. The van der Waals surface area contributed by atoms with Gasteiger partial charge in [-0.2, -0.15) is 0 Å². The Kier molecular flexibility index (Phi) is 4.87. The Hall–Kier alpha value is -3.86. The number of carbonyl (C=O) groups is 2. The molecule has 1 aromatic heterocycles. The fraction of sp³-hybridized carbons (Fsp3) is 0.0833. The quantitative estimate of drug-likeness (QED) is 0.478.